The van der Waals surface area contributed by atoms with Gasteiger partial charge in [-0.2, -0.15) is 0 Å². The summed E-state index contributed by atoms with van der Waals surface area (Å²) in [4.78, 5) is 21.3. The summed E-state index contributed by atoms with van der Waals surface area (Å²) in [5.41, 5.74) is 5.98. The van der Waals surface area contributed by atoms with E-state index >= 15 is 0 Å². The van der Waals surface area contributed by atoms with Gasteiger partial charge in [-0.1, -0.05) is 18.2 Å². The molecule has 4 rings (SSSR count). The van der Waals surface area contributed by atoms with E-state index in [9.17, 15) is 4.79 Å². The fourth-order valence-corrected chi connectivity index (χ4v) is 3.85. The van der Waals surface area contributed by atoms with Gasteiger partial charge in [-0.25, -0.2) is 0 Å². The number of benzene rings is 2. The zero-order valence-electron chi connectivity index (χ0n) is 15.8. The molecule has 0 unspecified atom stereocenters. The van der Waals surface area contributed by atoms with E-state index in [4.69, 9.17) is 0 Å². The molecule has 0 spiro atoms. The van der Waals surface area contributed by atoms with E-state index in [0.29, 0.717) is 12.1 Å². The van der Waals surface area contributed by atoms with Gasteiger partial charge in [-0.05, 0) is 71.7 Å². The van der Waals surface area contributed by atoms with Crippen LogP contribution >= 0.6 is 11.8 Å². The van der Waals surface area contributed by atoms with Gasteiger partial charge in [0.25, 0.3) is 5.91 Å². The van der Waals surface area contributed by atoms with Crippen LogP contribution < -0.4 is 5.32 Å². The number of pyridine rings is 1. The molecule has 0 fully saturated rings. The molecule has 2 N–H and O–H groups in total. The van der Waals surface area contributed by atoms with E-state index in [1.807, 2.05) is 49.7 Å². The van der Waals surface area contributed by atoms with Crippen LogP contribution in [0.3, 0.4) is 0 Å². The SMILES string of the molecule is CSc1cc(C(=O)NCc2cc(-c3ccc4cc[nH]c4c3)ccn2)ccc1C. The van der Waals surface area contributed by atoms with Crippen LogP contribution in [0.25, 0.3) is 22.0 Å². The fraction of sp³-hybridized carbons (Fsp3) is 0.130. The Balaban J connectivity index is 1.49. The van der Waals surface area contributed by atoms with Crippen molar-refractivity contribution in [3.05, 3.63) is 83.8 Å². The largest absolute Gasteiger partial charge is 0.361 e. The van der Waals surface area contributed by atoms with E-state index in [-0.39, 0.29) is 5.91 Å². The van der Waals surface area contributed by atoms with Crippen LogP contribution in [0.4, 0.5) is 0 Å². The van der Waals surface area contributed by atoms with Gasteiger partial charge >= 0.3 is 0 Å². The number of carbonyl (C=O) groups excluding carboxylic acids is 1. The zero-order valence-corrected chi connectivity index (χ0v) is 16.6. The molecular weight excluding hydrogens is 366 g/mol. The Morgan fingerprint density at radius 3 is 2.79 bits per heavy atom. The predicted molar refractivity (Wildman–Crippen MR) is 116 cm³/mol. The Morgan fingerprint density at radius 2 is 1.93 bits per heavy atom. The second kappa shape index (κ2) is 7.90. The molecule has 1 amide bonds. The van der Waals surface area contributed by atoms with Crippen molar-refractivity contribution in [2.24, 2.45) is 0 Å². The van der Waals surface area contributed by atoms with Gasteiger partial charge in [0.2, 0.25) is 0 Å². The third-order valence-electron chi connectivity index (χ3n) is 4.81. The van der Waals surface area contributed by atoms with Crippen LogP contribution in [0, 0.1) is 6.92 Å². The first-order valence-corrected chi connectivity index (χ1v) is 10.3. The maximum atomic E-state index is 12.5. The third kappa shape index (κ3) is 3.80. The third-order valence-corrected chi connectivity index (χ3v) is 5.68. The van der Waals surface area contributed by atoms with Crippen LogP contribution in [0.1, 0.15) is 21.6 Å². The molecule has 5 heteroatoms. The first kappa shape index (κ1) is 18.3. The normalized spacial score (nSPS) is 10.9. The predicted octanol–water partition coefficient (Wildman–Crippen LogP) is 5.19. The highest BCUT2D eigenvalue weighted by Gasteiger charge is 2.09. The van der Waals surface area contributed by atoms with Gasteiger partial charge in [-0.3, -0.25) is 9.78 Å². The lowest BCUT2D eigenvalue weighted by atomic mass is 10.0. The maximum absolute atomic E-state index is 12.5. The van der Waals surface area contributed by atoms with E-state index in [1.54, 1.807) is 18.0 Å². The van der Waals surface area contributed by atoms with Gasteiger partial charge < -0.3 is 10.3 Å². The van der Waals surface area contributed by atoms with Crippen molar-refractivity contribution in [3.63, 3.8) is 0 Å². The van der Waals surface area contributed by atoms with E-state index < -0.39 is 0 Å². The molecule has 0 aliphatic rings. The number of carbonyl (C=O) groups is 1. The van der Waals surface area contributed by atoms with E-state index in [1.165, 1.54) is 10.9 Å². The van der Waals surface area contributed by atoms with Crippen molar-refractivity contribution in [3.8, 4) is 11.1 Å². The summed E-state index contributed by atoms with van der Waals surface area (Å²) in [6.07, 6.45) is 5.74. The molecule has 2 aromatic heterocycles. The highest BCUT2D eigenvalue weighted by molar-refractivity contribution is 7.98. The minimum atomic E-state index is -0.0877. The Morgan fingerprint density at radius 1 is 1.07 bits per heavy atom. The highest BCUT2D eigenvalue weighted by Crippen LogP contribution is 2.24. The lowest BCUT2D eigenvalue weighted by Crippen LogP contribution is -2.23. The molecule has 0 atom stereocenters. The van der Waals surface area contributed by atoms with Crippen molar-refractivity contribution in [2.45, 2.75) is 18.4 Å². The summed E-state index contributed by atoms with van der Waals surface area (Å²) in [5, 5.41) is 4.16. The molecule has 2 heterocycles. The summed E-state index contributed by atoms with van der Waals surface area (Å²) in [6, 6.07) is 18.2. The average Bonchev–Trinajstić information content (AvgIpc) is 3.20. The fourth-order valence-electron chi connectivity index (χ4n) is 3.22. The molecule has 28 heavy (non-hydrogen) atoms. The topological polar surface area (TPSA) is 57.8 Å². The Bertz CT molecular complexity index is 1150. The molecule has 2 aromatic carbocycles. The smallest absolute Gasteiger partial charge is 0.251 e. The van der Waals surface area contributed by atoms with Crippen LogP contribution in [-0.2, 0) is 6.54 Å². The summed E-state index contributed by atoms with van der Waals surface area (Å²) in [7, 11) is 0. The lowest BCUT2D eigenvalue weighted by molar-refractivity contribution is 0.0950. The first-order chi connectivity index (χ1) is 13.6. The van der Waals surface area contributed by atoms with Gasteiger partial charge in [0, 0.05) is 28.4 Å². The van der Waals surface area contributed by atoms with Crippen LogP contribution in [0.2, 0.25) is 0 Å². The Labute approximate surface area is 168 Å². The molecule has 4 aromatic rings. The molecule has 0 radical (unpaired) electrons. The number of nitrogens with one attached hydrogen (secondary N) is 2. The second-order valence-electron chi connectivity index (χ2n) is 6.68. The van der Waals surface area contributed by atoms with Crippen LogP contribution in [-0.4, -0.2) is 22.1 Å². The minimum absolute atomic E-state index is 0.0877. The summed E-state index contributed by atoms with van der Waals surface area (Å²) in [5.74, 6) is -0.0877. The van der Waals surface area contributed by atoms with Crippen molar-refractivity contribution in [1.82, 2.24) is 15.3 Å². The monoisotopic (exact) mass is 387 g/mol. The number of aromatic amines is 1. The molecule has 0 aliphatic heterocycles. The molecule has 0 saturated heterocycles. The molecule has 0 bridgehead atoms. The number of nitrogens with zero attached hydrogens (tertiary/aromatic N) is 1. The van der Waals surface area contributed by atoms with E-state index in [2.05, 4.69) is 39.6 Å². The number of thioether (sulfide) groups is 1. The minimum Gasteiger partial charge on any atom is -0.361 e. The number of aryl methyl sites for hydroxylation is 1. The Hall–Kier alpha value is -3.05. The van der Waals surface area contributed by atoms with Crippen molar-refractivity contribution < 1.29 is 4.79 Å². The zero-order chi connectivity index (χ0) is 19.5. The first-order valence-electron chi connectivity index (χ1n) is 9.09. The number of H-pyrrole nitrogens is 1. The van der Waals surface area contributed by atoms with Crippen molar-refractivity contribution in [1.29, 1.82) is 0 Å². The maximum Gasteiger partial charge on any atom is 0.251 e. The number of aromatic nitrogens is 2. The second-order valence-corrected chi connectivity index (χ2v) is 7.53. The van der Waals surface area contributed by atoms with E-state index in [0.717, 1.165) is 27.2 Å². The van der Waals surface area contributed by atoms with Gasteiger partial charge in [-0.15, -0.1) is 11.8 Å². The van der Waals surface area contributed by atoms with Crippen molar-refractivity contribution in [2.75, 3.05) is 6.26 Å². The number of hydrogen-bond acceptors (Lipinski definition) is 3. The molecular formula is C23H21N3OS. The standard InChI is InChI=1S/C23H21N3OS/c1-15-3-4-19(13-22(15)28-2)23(27)26-14-20-11-18(8-9-24-20)17-6-5-16-7-10-25-21(16)12-17/h3-13,25H,14H2,1-2H3,(H,26,27). The Kier molecular flexibility index (Phi) is 5.17. The lowest BCUT2D eigenvalue weighted by Gasteiger charge is -2.09. The highest BCUT2D eigenvalue weighted by atomic mass is 32.2. The molecule has 0 aliphatic carbocycles. The average molecular weight is 388 g/mol. The molecule has 140 valence electrons. The van der Waals surface area contributed by atoms with Crippen molar-refractivity contribution >= 4 is 28.6 Å². The van der Waals surface area contributed by atoms with Crippen LogP contribution in [0.5, 0.6) is 0 Å². The number of rotatable bonds is 5. The summed E-state index contributed by atoms with van der Waals surface area (Å²) in [6.45, 7) is 2.44. The number of hydrogen-bond donors (Lipinski definition) is 2. The summed E-state index contributed by atoms with van der Waals surface area (Å²) >= 11 is 1.65. The quantitative estimate of drug-likeness (QED) is 0.463. The van der Waals surface area contributed by atoms with Crippen LogP contribution in [0.15, 0.2) is 71.9 Å². The molecule has 0 saturated carbocycles. The number of amides is 1. The number of fused-ring (bicyclic) bond motifs is 1. The van der Waals surface area contributed by atoms with Gasteiger partial charge in [0.1, 0.15) is 0 Å². The van der Waals surface area contributed by atoms with Gasteiger partial charge in [0.15, 0.2) is 0 Å². The molecule has 4 nitrogen and oxygen atoms in total. The van der Waals surface area contributed by atoms with Gasteiger partial charge in [0.05, 0.1) is 12.2 Å². The summed E-state index contributed by atoms with van der Waals surface area (Å²) < 4.78 is 0.